The molecule has 0 nitrogen and oxygen atoms in total. The van der Waals surface area contributed by atoms with Crippen LogP contribution in [0, 0.1) is 23.7 Å². The van der Waals surface area contributed by atoms with Crippen molar-refractivity contribution >= 4 is 12.6 Å². The highest BCUT2D eigenvalue weighted by Gasteiger charge is 2.32. The lowest BCUT2D eigenvalue weighted by Gasteiger charge is -2.39. The molecule has 78 valence electrons. The molecule has 0 saturated heterocycles. The minimum atomic E-state index is 0.583. The quantitative estimate of drug-likeness (QED) is 0.640. The number of hydrogen-bond acceptors (Lipinski definition) is 1. The third kappa shape index (κ3) is 2.90. The van der Waals surface area contributed by atoms with E-state index in [0.717, 1.165) is 23.7 Å². The lowest BCUT2D eigenvalue weighted by atomic mass is 9.69. The fraction of sp³-hybridized carbons (Fsp3) is 1.00. The maximum Gasteiger partial charge on any atom is 0.00194 e. The zero-order chi connectivity index (χ0) is 10.0. The van der Waals surface area contributed by atoms with Gasteiger partial charge in [-0.25, -0.2) is 0 Å². The molecule has 1 fully saturated rings. The Morgan fingerprint density at radius 3 is 2.15 bits per heavy atom. The predicted molar refractivity (Wildman–Crippen MR) is 63.3 cm³/mol. The first-order chi connectivity index (χ1) is 6.02. The molecule has 0 radical (unpaired) electrons. The summed E-state index contributed by atoms with van der Waals surface area (Å²) in [6.07, 6.45) is 4.24. The molecule has 0 N–H and O–H groups in total. The van der Waals surface area contributed by atoms with Crippen LogP contribution in [0.5, 0.6) is 0 Å². The normalized spacial score (nSPS) is 37.8. The van der Waals surface area contributed by atoms with E-state index >= 15 is 0 Å². The van der Waals surface area contributed by atoms with E-state index in [4.69, 9.17) is 0 Å². The van der Waals surface area contributed by atoms with Crippen LogP contribution < -0.4 is 0 Å². The van der Waals surface area contributed by atoms with Gasteiger partial charge < -0.3 is 0 Å². The molecule has 0 heterocycles. The van der Waals surface area contributed by atoms with E-state index in [-0.39, 0.29) is 0 Å². The fourth-order valence-electron chi connectivity index (χ4n) is 2.81. The van der Waals surface area contributed by atoms with E-state index in [1.807, 2.05) is 0 Å². The van der Waals surface area contributed by atoms with Crippen LogP contribution in [0.2, 0.25) is 0 Å². The van der Waals surface area contributed by atoms with Gasteiger partial charge in [-0.05, 0) is 36.5 Å². The van der Waals surface area contributed by atoms with Gasteiger partial charge in [-0.3, -0.25) is 0 Å². The van der Waals surface area contributed by atoms with E-state index < -0.39 is 0 Å². The van der Waals surface area contributed by atoms with Crippen molar-refractivity contribution in [1.82, 2.24) is 0 Å². The molecule has 0 aromatic heterocycles. The van der Waals surface area contributed by atoms with Crippen LogP contribution >= 0.6 is 12.6 Å². The molecule has 13 heavy (non-hydrogen) atoms. The molecule has 4 atom stereocenters. The molecule has 0 aromatic rings. The highest BCUT2D eigenvalue weighted by atomic mass is 32.1. The lowest BCUT2D eigenvalue weighted by molar-refractivity contribution is 0.143. The first kappa shape index (κ1) is 11.4. The van der Waals surface area contributed by atoms with Gasteiger partial charge in [0.15, 0.2) is 0 Å². The second kappa shape index (κ2) is 4.72. The van der Waals surface area contributed by atoms with Crippen molar-refractivity contribution in [2.75, 3.05) is 0 Å². The standard InChI is InChI=1S/C12H24S/c1-8(2)12-7-9(3)5-6-11(12)10(4)13/h8-13H,5-7H2,1-4H3. The zero-order valence-corrected chi connectivity index (χ0v) is 10.3. The van der Waals surface area contributed by atoms with Crippen molar-refractivity contribution in [3.8, 4) is 0 Å². The Balaban J connectivity index is 2.60. The van der Waals surface area contributed by atoms with Crippen LogP contribution in [0.25, 0.3) is 0 Å². The molecule has 0 aromatic carbocycles. The first-order valence-corrected chi connectivity index (χ1v) is 6.22. The highest BCUT2D eigenvalue weighted by molar-refractivity contribution is 7.80. The Morgan fingerprint density at radius 1 is 1.08 bits per heavy atom. The lowest BCUT2D eigenvalue weighted by Crippen LogP contribution is -2.32. The molecule has 1 aliphatic carbocycles. The van der Waals surface area contributed by atoms with Crippen LogP contribution in [-0.4, -0.2) is 5.25 Å². The molecule has 0 spiro atoms. The van der Waals surface area contributed by atoms with Crippen molar-refractivity contribution in [2.24, 2.45) is 23.7 Å². The van der Waals surface area contributed by atoms with Gasteiger partial charge in [-0.2, -0.15) is 12.6 Å². The Kier molecular flexibility index (Phi) is 4.15. The largest absolute Gasteiger partial charge is 0.176 e. The van der Waals surface area contributed by atoms with Crippen LogP contribution in [0.3, 0.4) is 0 Å². The summed E-state index contributed by atoms with van der Waals surface area (Å²) in [5, 5.41) is 0.583. The summed E-state index contributed by atoms with van der Waals surface area (Å²) >= 11 is 4.62. The van der Waals surface area contributed by atoms with E-state index in [0.29, 0.717) is 5.25 Å². The average molecular weight is 200 g/mol. The van der Waals surface area contributed by atoms with Gasteiger partial charge in [0.25, 0.3) is 0 Å². The van der Waals surface area contributed by atoms with E-state index in [2.05, 4.69) is 40.3 Å². The molecule has 4 unspecified atom stereocenters. The second-order valence-electron chi connectivity index (χ2n) is 5.23. The molecular weight excluding hydrogens is 176 g/mol. The smallest absolute Gasteiger partial charge is 0.00194 e. The van der Waals surface area contributed by atoms with Crippen LogP contribution in [0.1, 0.15) is 47.0 Å². The molecule has 0 aliphatic heterocycles. The van der Waals surface area contributed by atoms with Gasteiger partial charge in [-0.15, -0.1) is 0 Å². The molecular formula is C12H24S. The van der Waals surface area contributed by atoms with E-state index in [1.165, 1.54) is 19.3 Å². The van der Waals surface area contributed by atoms with Gasteiger partial charge in [0.2, 0.25) is 0 Å². The van der Waals surface area contributed by atoms with Gasteiger partial charge in [0.1, 0.15) is 0 Å². The average Bonchev–Trinajstić information content (AvgIpc) is 2.03. The maximum atomic E-state index is 4.62. The van der Waals surface area contributed by atoms with Crippen molar-refractivity contribution in [1.29, 1.82) is 0 Å². The molecule has 1 rings (SSSR count). The van der Waals surface area contributed by atoms with E-state index in [1.54, 1.807) is 0 Å². The first-order valence-electron chi connectivity index (χ1n) is 5.70. The Labute approximate surface area is 88.9 Å². The Morgan fingerprint density at radius 2 is 1.69 bits per heavy atom. The van der Waals surface area contributed by atoms with Gasteiger partial charge in [0.05, 0.1) is 0 Å². The number of rotatable bonds is 2. The number of thiol groups is 1. The summed E-state index contributed by atoms with van der Waals surface area (Å²) in [5.41, 5.74) is 0. The van der Waals surface area contributed by atoms with Crippen LogP contribution in [-0.2, 0) is 0 Å². The number of hydrogen-bond donors (Lipinski definition) is 1. The summed E-state index contributed by atoms with van der Waals surface area (Å²) in [6, 6.07) is 0. The van der Waals surface area contributed by atoms with Crippen molar-refractivity contribution < 1.29 is 0 Å². The molecule has 1 heteroatoms. The molecule has 1 saturated carbocycles. The fourth-order valence-corrected chi connectivity index (χ4v) is 3.18. The summed E-state index contributed by atoms with van der Waals surface area (Å²) < 4.78 is 0. The summed E-state index contributed by atoms with van der Waals surface area (Å²) in [4.78, 5) is 0. The minimum Gasteiger partial charge on any atom is -0.176 e. The molecule has 1 aliphatic rings. The zero-order valence-electron chi connectivity index (χ0n) is 9.46. The van der Waals surface area contributed by atoms with Gasteiger partial charge in [-0.1, -0.05) is 34.1 Å². The predicted octanol–water partition coefficient (Wildman–Crippen LogP) is 4.01. The van der Waals surface area contributed by atoms with Crippen LogP contribution in [0.4, 0.5) is 0 Å². The highest BCUT2D eigenvalue weighted by Crippen LogP contribution is 2.40. The Hall–Kier alpha value is 0.350. The summed E-state index contributed by atoms with van der Waals surface area (Å²) in [5.74, 6) is 3.55. The topological polar surface area (TPSA) is 0 Å². The SMILES string of the molecule is CC1CCC(C(C)S)C(C(C)C)C1. The van der Waals surface area contributed by atoms with Crippen molar-refractivity contribution in [2.45, 2.75) is 52.2 Å². The molecule has 0 bridgehead atoms. The minimum absolute atomic E-state index is 0.583. The van der Waals surface area contributed by atoms with Crippen molar-refractivity contribution in [3.63, 3.8) is 0 Å². The summed E-state index contributed by atoms with van der Waals surface area (Å²) in [7, 11) is 0. The van der Waals surface area contributed by atoms with Gasteiger partial charge >= 0.3 is 0 Å². The van der Waals surface area contributed by atoms with Gasteiger partial charge in [0, 0.05) is 5.25 Å². The monoisotopic (exact) mass is 200 g/mol. The van der Waals surface area contributed by atoms with Crippen LogP contribution in [0.15, 0.2) is 0 Å². The third-order valence-electron chi connectivity index (χ3n) is 3.69. The maximum absolute atomic E-state index is 4.62. The van der Waals surface area contributed by atoms with Crippen molar-refractivity contribution in [3.05, 3.63) is 0 Å². The summed E-state index contributed by atoms with van der Waals surface area (Å²) in [6.45, 7) is 9.39. The Bertz CT molecular complexity index is 151. The second-order valence-corrected chi connectivity index (χ2v) is 6.05. The van der Waals surface area contributed by atoms with E-state index in [9.17, 15) is 0 Å². The molecule has 0 amide bonds. The third-order valence-corrected chi connectivity index (χ3v) is 4.08.